The third-order valence-corrected chi connectivity index (χ3v) is 3.91. The molecule has 0 N–H and O–H groups in total. The Morgan fingerprint density at radius 2 is 1.76 bits per heavy atom. The van der Waals surface area contributed by atoms with Gasteiger partial charge in [0.25, 0.3) is 0 Å². The van der Waals surface area contributed by atoms with Gasteiger partial charge in [-0.15, -0.1) is 0 Å². The first kappa shape index (κ1) is 16.9. The molecule has 0 aromatic rings. The lowest BCUT2D eigenvalue weighted by molar-refractivity contribution is -0.149. The average molecular weight is 307 g/mol. The Kier molecular flexibility index (Phi) is 11.0. The van der Waals surface area contributed by atoms with E-state index < -0.39 is 0 Å². The van der Waals surface area contributed by atoms with Crippen LogP contribution in [-0.2, 0) is 9.53 Å². The van der Waals surface area contributed by atoms with Crippen LogP contribution >= 0.6 is 15.9 Å². The van der Waals surface area contributed by atoms with Gasteiger partial charge in [-0.1, -0.05) is 62.4 Å². The van der Waals surface area contributed by atoms with Crippen LogP contribution in [0.4, 0.5) is 0 Å². The van der Waals surface area contributed by atoms with Crippen molar-refractivity contribution in [2.24, 2.45) is 0 Å². The minimum absolute atomic E-state index is 0.0959. The van der Waals surface area contributed by atoms with E-state index in [0.29, 0.717) is 0 Å². The molecular weight excluding hydrogens is 280 g/mol. The maximum absolute atomic E-state index is 11.7. The van der Waals surface area contributed by atoms with Crippen LogP contribution in [0.2, 0.25) is 0 Å². The first-order valence-electron chi connectivity index (χ1n) is 7.00. The van der Waals surface area contributed by atoms with Crippen molar-refractivity contribution in [2.45, 2.75) is 83.1 Å². The molecule has 0 aromatic heterocycles. The maximum atomic E-state index is 11.7. The van der Waals surface area contributed by atoms with Crippen LogP contribution in [0.1, 0.15) is 72.1 Å². The fourth-order valence-electron chi connectivity index (χ4n) is 1.79. The lowest BCUT2D eigenvalue weighted by Crippen LogP contribution is -2.24. The normalized spacial score (nSPS) is 14.4. The molecule has 0 saturated heterocycles. The summed E-state index contributed by atoms with van der Waals surface area (Å²) in [6, 6.07) is 0. The van der Waals surface area contributed by atoms with Crippen LogP contribution in [0.3, 0.4) is 0 Å². The Balaban J connectivity index is 3.92. The molecule has 0 bridgehead atoms. The topological polar surface area (TPSA) is 26.3 Å². The summed E-state index contributed by atoms with van der Waals surface area (Å²) in [7, 11) is 0. The van der Waals surface area contributed by atoms with Crippen molar-refractivity contribution < 1.29 is 9.53 Å². The van der Waals surface area contributed by atoms with Gasteiger partial charge in [-0.3, -0.25) is 4.79 Å². The summed E-state index contributed by atoms with van der Waals surface area (Å²) in [5.74, 6) is -0.0959. The van der Waals surface area contributed by atoms with E-state index >= 15 is 0 Å². The zero-order valence-corrected chi connectivity index (χ0v) is 13.1. The Hall–Kier alpha value is -0.0500. The molecule has 2 atom stereocenters. The minimum Gasteiger partial charge on any atom is -0.462 e. The third kappa shape index (κ3) is 8.64. The molecule has 2 nitrogen and oxygen atoms in total. The summed E-state index contributed by atoms with van der Waals surface area (Å²) in [5.41, 5.74) is 0. The number of esters is 1. The van der Waals surface area contributed by atoms with Gasteiger partial charge in [-0.05, 0) is 25.7 Å². The second kappa shape index (κ2) is 11.1. The molecule has 0 spiro atoms. The number of rotatable bonds is 10. The molecule has 0 aliphatic heterocycles. The molecule has 3 heteroatoms. The Morgan fingerprint density at radius 3 is 2.29 bits per heavy atom. The summed E-state index contributed by atoms with van der Waals surface area (Å²) < 4.78 is 5.54. The van der Waals surface area contributed by atoms with Gasteiger partial charge >= 0.3 is 5.97 Å². The number of ether oxygens (including phenoxy) is 1. The van der Waals surface area contributed by atoms with E-state index in [1.54, 1.807) is 0 Å². The predicted octanol–water partition coefficient (Wildman–Crippen LogP) is 4.84. The van der Waals surface area contributed by atoms with Gasteiger partial charge < -0.3 is 4.74 Å². The van der Waals surface area contributed by atoms with E-state index in [9.17, 15) is 4.79 Å². The smallest absolute Gasteiger partial charge is 0.319 e. The van der Waals surface area contributed by atoms with Crippen LogP contribution in [0, 0.1) is 0 Å². The van der Waals surface area contributed by atoms with Gasteiger partial charge in [0.05, 0.1) is 0 Å². The monoisotopic (exact) mass is 306 g/mol. The zero-order valence-electron chi connectivity index (χ0n) is 11.5. The highest BCUT2D eigenvalue weighted by Gasteiger charge is 2.18. The summed E-state index contributed by atoms with van der Waals surface area (Å²) in [6.07, 6.45) is 8.93. The van der Waals surface area contributed by atoms with E-state index in [1.807, 2.05) is 6.92 Å². The fourth-order valence-corrected chi connectivity index (χ4v) is 1.90. The molecule has 0 rings (SSSR count). The van der Waals surface area contributed by atoms with Crippen LogP contribution in [0.5, 0.6) is 0 Å². The van der Waals surface area contributed by atoms with Crippen molar-refractivity contribution in [3.8, 4) is 0 Å². The summed E-state index contributed by atoms with van der Waals surface area (Å²) in [6.45, 7) is 6.33. The van der Waals surface area contributed by atoms with Crippen LogP contribution in [-0.4, -0.2) is 16.9 Å². The van der Waals surface area contributed by atoms with E-state index in [1.165, 1.54) is 25.7 Å². The van der Waals surface area contributed by atoms with Crippen molar-refractivity contribution in [2.75, 3.05) is 0 Å². The van der Waals surface area contributed by atoms with Crippen LogP contribution in [0.15, 0.2) is 0 Å². The average Bonchev–Trinajstić information content (AvgIpc) is 2.33. The standard InChI is InChI=1S/C14H27BrO2/c1-4-7-8-9-11-12(10-5-2)17-14(16)13(15)6-3/h12-13H,4-11H2,1-3H3. The largest absolute Gasteiger partial charge is 0.462 e. The van der Waals surface area contributed by atoms with Crippen molar-refractivity contribution in [1.82, 2.24) is 0 Å². The summed E-state index contributed by atoms with van der Waals surface area (Å²) >= 11 is 3.34. The molecule has 0 radical (unpaired) electrons. The van der Waals surface area contributed by atoms with E-state index in [2.05, 4.69) is 29.8 Å². The van der Waals surface area contributed by atoms with Gasteiger partial charge in [-0.2, -0.15) is 0 Å². The Bertz CT molecular complexity index is 195. The molecule has 0 aliphatic carbocycles. The number of carbonyl (C=O) groups is 1. The molecule has 0 saturated carbocycles. The highest BCUT2D eigenvalue weighted by Crippen LogP contribution is 2.16. The highest BCUT2D eigenvalue weighted by molar-refractivity contribution is 9.10. The second-order valence-electron chi connectivity index (χ2n) is 4.57. The maximum Gasteiger partial charge on any atom is 0.319 e. The first-order valence-corrected chi connectivity index (χ1v) is 7.91. The molecule has 102 valence electrons. The Labute approximate surface area is 115 Å². The molecule has 0 heterocycles. The number of alkyl halides is 1. The molecule has 0 aliphatic rings. The molecule has 2 unspecified atom stereocenters. The first-order chi connectivity index (χ1) is 8.15. The molecule has 0 amide bonds. The minimum atomic E-state index is -0.141. The summed E-state index contributed by atoms with van der Waals surface area (Å²) in [4.78, 5) is 11.5. The van der Waals surface area contributed by atoms with E-state index in [0.717, 1.165) is 25.7 Å². The summed E-state index contributed by atoms with van der Waals surface area (Å²) in [5, 5.41) is 0. The number of halogens is 1. The van der Waals surface area contributed by atoms with Crippen LogP contribution < -0.4 is 0 Å². The molecular formula is C14H27BrO2. The molecule has 0 aromatic carbocycles. The second-order valence-corrected chi connectivity index (χ2v) is 5.68. The zero-order chi connectivity index (χ0) is 13.1. The van der Waals surface area contributed by atoms with Gasteiger partial charge in [0.15, 0.2) is 0 Å². The van der Waals surface area contributed by atoms with Gasteiger partial charge in [0.1, 0.15) is 10.9 Å². The highest BCUT2D eigenvalue weighted by atomic mass is 79.9. The number of unbranched alkanes of at least 4 members (excludes halogenated alkanes) is 3. The fraction of sp³-hybridized carbons (Fsp3) is 0.929. The Morgan fingerprint density at radius 1 is 1.06 bits per heavy atom. The number of hydrogen-bond donors (Lipinski definition) is 0. The van der Waals surface area contributed by atoms with Crippen molar-refractivity contribution in [3.63, 3.8) is 0 Å². The van der Waals surface area contributed by atoms with Crippen molar-refractivity contribution in [1.29, 1.82) is 0 Å². The lowest BCUT2D eigenvalue weighted by atomic mass is 10.1. The molecule has 17 heavy (non-hydrogen) atoms. The van der Waals surface area contributed by atoms with Gasteiger partial charge in [-0.25, -0.2) is 0 Å². The SMILES string of the molecule is CCCCCCC(CCC)OC(=O)C(Br)CC. The van der Waals surface area contributed by atoms with E-state index in [-0.39, 0.29) is 16.9 Å². The van der Waals surface area contributed by atoms with E-state index in [4.69, 9.17) is 4.74 Å². The van der Waals surface area contributed by atoms with Crippen molar-refractivity contribution in [3.05, 3.63) is 0 Å². The van der Waals surface area contributed by atoms with Gasteiger partial charge in [0, 0.05) is 0 Å². The lowest BCUT2D eigenvalue weighted by Gasteiger charge is -2.18. The molecule has 0 fully saturated rings. The number of carbonyl (C=O) groups excluding carboxylic acids is 1. The predicted molar refractivity (Wildman–Crippen MR) is 76.6 cm³/mol. The third-order valence-electron chi connectivity index (χ3n) is 2.89. The van der Waals surface area contributed by atoms with Crippen molar-refractivity contribution >= 4 is 21.9 Å². The van der Waals surface area contributed by atoms with Gasteiger partial charge in [0.2, 0.25) is 0 Å². The van der Waals surface area contributed by atoms with Crippen LogP contribution in [0.25, 0.3) is 0 Å². The number of hydrogen-bond acceptors (Lipinski definition) is 2. The quantitative estimate of drug-likeness (QED) is 0.328.